The Kier molecular flexibility index (Phi) is 3.82. The Morgan fingerprint density at radius 3 is 2.77 bits per heavy atom. The zero-order chi connectivity index (χ0) is 18.3. The van der Waals surface area contributed by atoms with Crippen LogP contribution in [0.15, 0.2) is 40.9 Å². The van der Waals surface area contributed by atoms with Crippen LogP contribution in [-0.4, -0.2) is 43.8 Å². The summed E-state index contributed by atoms with van der Waals surface area (Å²) in [6, 6.07) is 10.9. The van der Waals surface area contributed by atoms with E-state index in [1.54, 1.807) is 17.8 Å². The van der Waals surface area contributed by atoms with Gasteiger partial charge in [-0.15, -0.1) is 0 Å². The number of alkyl halides is 1. The largest absolute Gasteiger partial charge is 0.335 e. The van der Waals surface area contributed by atoms with Gasteiger partial charge >= 0.3 is 0 Å². The Morgan fingerprint density at radius 1 is 1.31 bits per heavy atom. The summed E-state index contributed by atoms with van der Waals surface area (Å²) in [7, 11) is 1.76. The summed E-state index contributed by atoms with van der Waals surface area (Å²) < 4.78 is 22.2. The molecule has 1 atom stereocenters. The van der Waals surface area contributed by atoms with Crippen LogP contribution in [0.4, 0.5) is 4.39 Å². The molecule has 3 aromatic rings. The fourth-order valence-corrected chi connectivity index (χ4v) is 3.06. The molecule has 0 bridgehead atoms. The highest BCUT2D eigenvalue weighted by atomic mass is 19.1. The maximum Gasteiger partial charge on any atom is 0.274 e. The second-order valence-corrected chi connectivity index (χ2v) is 6.53. The Hall–Kier alpha value is -3.03. The molecule has 7 nitrogen and oxygen atoms in total. The van der Waals surface area contributed by atoms with Gasteiger partial charge in [0.2, 0.25) is 11.5 Å². The highest BCUT2D eigenvalue weighted by Crippen LogP contribution is 2.36. The second kappa shape index (κ2) is 6.05. The van der Waals surface area contributed by atoms with E-state index in [1.807, 2.05) is 37.3 Å². The van der Waals surface area contributed by atoms with Gasteiger partial charge in [0.1, 0.15) is 0 Å². The molecular formula is C18H18FN5O2. The molecule has 26 heavy (non-hydrogen) atoms. The van der Waals surface area contributed by atoms with Crippen molar-refractivity contribution in [2.45, 2.75) is 19.0 Å². The normalized spacial score (nSPS) is 19.9. The summed E-state index contributed by atoms with van der Waals surface area (Å²) in [5.41, 5.74) is 0.0775. The van der Waals surface area contributed by atoms with Crippen molar-refractivity contribution in [1.29, 1.82) is 0 Å². The van der Waals surface area contributed by atoms with Crippen molar-refractivity contribution in [3.05, 3.63) is 53.7 Å². The van der Waals surface area contributed by atoms with Gasteiger partial charge < -0.3 is 9.42 Å². The van der Waals surface area contributed by atoms with Crippen LogP contribution in [-0.2, 0) is 12.7 Å². The molecule has 1 aliphatic heterocycles. The van der Waals surface area contributed by atoms with Crippen molar-refractivity contribution in [3.8, 4) is 11.4 Å². The smallest absolute Gasteiger partial charge is 0.274 e. The number of benzene rings is 1. The van der Waals surface area contributed by atoms with Crippen molar-refractivity contribution in [1.82, 2.24) is 24.8 Å². The average Bonchev–Trinajstić information content (AvgIpc) is 3.36. The minimum absolute atomic E-state index is 0.0937. The molecule has 134 valence electrons. The highest BCUT2D eigenvalue weighted by Gasteiger charge is 2.47. The molecule has 0 radical (unpaired) electrons. The third kappa shape index (κ3) is 2.77. The van der Waals surface area contributed by atoms with Crippen LogP contribution < -0.4 is 0 Å². The lowest BCUT2D eigenvalue weighted by Crippen LogP contribution is -2.32. The van der Waals surface area contributed by atoms with Gasteiger partial charge in [-0.25, -0.2) is 4.39 Å². The molecule has 8 heteroatoms. The van der Waals surface area contributed by atoms with Gasteiger partial charge in [-0.05, 0) is 13.0 Å². The summed E-state index contributed by atoms with van der Waals surface area (Å²) in [4.78, 5) is 18.2. The number of nitrogens with zero attached hydrogens (tertiary/aromatic N) is 5. The van der Waals surface area contributed by atoms with E-state index in [4.69, 9.17) is 4.52 Å². The predicted octanol–water partition coefficient (Wildman–Crippen LogP) is 2.49. The lowest BCUT2D eigenvalue weighted by Gasteiger charge is -2.17. The first-order valence-electron chi connectivity index (χ1n) is 8.35. The molecule has 1 unspecified atom stereocenters. The molecule has 1 aliphatic rings. The number of hydrogen-bond acceptors (Lipinski definition) is 5. The average molecular weight is 355 g/mol. The molecule has 0 saturated carbocycles. The summed E-state index contributed by atoms with van der Waals surface area (Å²) >= 11 is 0. The van der Waals surface area contributed by atoms with Crippen LogP contribution >= 0.6 is 0 Å². The fourth-order valence-electron chi connectivity index (χ4n) is 3.06. The topological polar surface area (TPSA) is 77.1 Å². The van der Waals surface area contributed by atoms with Crippen LogP contribution in [0.2, 0.25) is 0 Å². The van der Waals surface area contributed by atoms with Gasteiger partial charge in [0.15, 0.2) is 5.69 Å². The Labute approximate surface area is 149 Å². The number of halogens is 1. The number of carbonyl (C=O) groups is 1. The number of amides is 1. The van der Waals surface area contributed by atoms with Crippen LogP contribution in [0.5, 0.6) is 0 Å². The van der Waals surface area contributed by atoms with Gasteiger partial charge in [-0.2, -0.15) is 10.1 Å². The summed E-state index contributed by atoms with van der Waals surface area (Å²) in [6.07, 6.45) is 0.112. The molecule has 0 spiro atoms. The molecule has 1 saturated heterocycles. The summed E-state index contributed by atoms with van der Waals surface area (Å²) in [5.74, 6) is -0.0531. The van der Waals surface area contributed by atoms with Crippen LogP contribution in [0.3, 0.4) is 0 Å². The maximum atomic E-state index is 15.4. The Balaban J connectivity index is 1.53. The third-order valence-corrected chi connectivity index (χ3v) is 4.68. The van der Waals surface area contributed by atoms with Crippen molar-refractivity contribution in [3.63, 3.8) is 0 Å². The zero-order valence-electron chi connectivity index (χ0n) is 14.5. The van der Waals surface area contributed by atoms with E-state index in [9.17, 15) is 4.79 Å². The summed E-state index contributed by atoms with van der Waals surface area (Å²) in [6.45, 7) is 2.00. The predicted molar refractivity (Wildman–Crippen MR) is 91.0 cm³/mol. The van der Waals surface area contributed by atoms with E-state index in [0.717, 1.165) is 11.3 Å². The lowest BCUT2D eigenvalue weighted by atomic mass is 10.1. The summed E-state index contributed by atoms with van der Waals surface area (Å²) in [5, 5.41) is 8.04. The van der Waals surface area contributed by atoms with Gasteiger partial charge in [-0.3, -0.25) is 9.48 Å². The molecule has 2 aromatic heterocycles. The van der Waals surface area contributed by atoms with Crippen LogP contribution in [0.25, 0.3) is 11.4 Å². The van der Waals surface area contributed by atoms with E-state index in [1.165, 1.54) is 4.90 Å². The first kappa shape index (κ1) is 16.4. The van der Waals surface area contributed by atoms with Gasteiger partial charge in [-0.1, -0.05) is 35.5 Å². The van der Waals surface area contributed by atoms with Gasteiger partial charge in [0.25, 0.3) is 11.8 Å². The minimum Gasteiger partial charge on any atom is -0.335 e. The highest BCUT2D eigenvalue weighted by molar-refractivity contribution is 5.92. The monoisotopic (exact) mass is 355 g/mol. The molecule has 4 rings (SSSR count). The standard InChI is InChI=1S/C18H18FN5O2/c1-12-10-14(21-23(12)2)16(25)24-9-8-18(19,11-24)17-20-15(22-26-17)13-6-4-3-5-7-13/h3-7,10H,8-9,11H2,1-2H3. The van der Waals surface area contributed by atoms with Gasteiger partial charge in [0, 0.05) is 31.3 Å². The first-order chi connectivity index (χ1) is 12.5. The molecule has 3 heterocycles. The lowest BCUT2D eigenvalue weighted by molar-refractivity contribution is 0.0710. The number of likely N-dealkylation sites (tertiary alicyclic amines) is 1. The minimum atomic E-state index is -1.85. The molecular weight excluding hydrogens is 337 g/mol. The fraction of sp³-hybridized carbons (Fsp3) is 0.333. The Bertz CT molecular complexity index is 932. The number of aromatic nitrogens is 4. The molecule has 0 aliphatic carbocycles. The van der Waals surface area contributed by atoms with E-state index >= 15 is 4.39 Å². The van der Waals surface area contributed by atoms with Crippen molar-refractivity contribution in [2.75, 3.05) is 13.1 Å². The molecule has 1 amide bonds. The maximum absolute atomic E-state index is 15.4. The van der Waals surface area contributed by atoms with E-state index in [0.29, 0.717) is 11.5 Å². The second-order valence-electron chi connectivity index (χ2n) is 6.53. The zero-order valence-corrected chi connectivity index (χ0v) is 14.5. The van der Waals surface area contributed by atoms with Crippen molar-refractivity contribution < 1.29 is 13.7 Å². The van der Waals surface area contributed by atoms with Gasteiger partial charge in [0.05, 0.1) is 6.54 Å². The number of carbonyl (C=O) groups excluding carboxylic acids is 1. The number of aryl methyl sites for hydroxylation is 2. The SMILES string of the molecule is Cc1cc(C(=O)N2CCC(F)(c3nc(-c4ccccc4)no3)C2)nn1C. The Morgan fingerprint density at radius 2 is 2.08 bits per heavy atom. The third-order valence-electron chi connectivity index (χ3n) is 4.68. The van der Waals surface area contributed by atoms with Crippen molar-refractivity contribution in [2.24, 2.45) is 7.05 Å². The van der Waals surface area contributed by atoms with Crippen LogP contribution in [0.1, 0.15) is 28.5 Å². The van der Waals surface area contributed by atoms with E-state index < -0.39 is 5.67 Å². The molecule has 0 N–H and O–H groups in total. The van der Waals surface area contributed by atoms with Crippen molar-refractivity contribution >= 4 is 5.91 Å². The molecule has 1 fully saturated rings. The number of rotatable bonds is 3. The molecule has 1 aromatic carbocycles. The van der Waals surface area contributed by atoms with Crippen LogP contribution in [0, 0.1) is 6.92 Å². The quantitative estimate of drug-likeness (QED) is 0.721. The number of hydrogen-bond donors (Lipinski definition) is 0. The first-order valence-corrected chi connectivity index (χ1v) is 8.35. The van der Waals surface area contributed by atoms with E-state index in [2.05, 4.69) is 15.2 Å². The van der Waals surface area contributed by atoms with E-state index in [-0.39, 0.29) is 31.3 Å².